The van der Waals surface area contributed by atoms with E-state index >= 15 is 0 Å². The van der Waals surface area contributed by atoms with Crippen molar-refractivity contribution in [2.45, 2.75) is 37.1 Å². The van der Waals surface area contributed by atoms with Crippen LogP contribution in [0.25, 0.3) is 0 Å². The van der Waals surface area contributed by atoms with Gasteiger partial charge in [-0.3, -0.25) is 0 Å². The lowest BCUT2D eigenvalue weighted by molar-refractivity contribution is 0.477. The minimum atomic E-state index is -0.113. The van der Waals surface area contributed by atoms with E-state index in [4.69, 9.17) is 11.5 Å². The molecule has 4 N–H and O–H groups in total. The second kappa shape index (κ2) is 4.24. The molecule has 0 atom stereocenters. The molecule has 1 aromatic carbocycles. The first kappa shape index (κ1) is 11.4. The van der Waals surface area contributed by atoms with Gasteiger partial charge in [0.05, 0.1) is 0 Å². The van der Waals surface area contributed by atoms with Gasteiger partial charge in [0.15, 0.2) is 0 Å². The highest BCUT2D eigenvalue weighted by molar-refractivity contribution is 7.80. The Labute approximate surface area is 91.1 Å². The van der Waals surface area contributed by atoms with E-state index in [0.29, 0.717) is 0 Å². The lowest BCUT2D eigenvalue weighted by atomic mass is 9.96. The zero-order valence-electron chi connectivity index (χ0n) is 8.75. The standard InChI is InChI=1S/C11H18N2S/c1-11(2,13)6-5-8-3-4-9(12)10(14)7-8/h3-4,7,14H,5-6,12-13H2,1-2H3. The van der Waals surface area contributed by atoms with Crippen LogP contribution in [0.4, 0.5) is 5.69 Å². The third kappa shape index (κ3) is 3.60. The second-order valence-electron chi connectivity index (χ2n) is 4.38. The summed E-state index contributed by atoms with van der Waals surface area (Å²) in [4.78, 5) is 0.845. The van der Waals surface area contributed by atoms with Crippen molar-refractivity contribution >= 4 is 18.3 Å². The lowest BCUT2D eigenvalue weighted by Crippen LogP contribution is -2.32. The fourth-order valence-electron chi connectivity index (χ4n) is 1.21. The van der Waals surface area contributed by atoms with E-state index in [1.54, 1.807) is 0 Å². The molecule has 0 radical (unpaired) electrons. The highest BCUT2D eigenvalue weighted by atomic mass is 32.1. The molecule has 78 valence electrons. The molecule has 0 unspecified atom stereocenters. The van der Waals surface area contributed by atoms with E-state index in [0.717, 1.165) is 23.4 Å². The quantitative estimate of drug-likeness (QED) is 0.529. The molecule has 2 nitrogen and oxygen atoms in total. The molecule has 0 fully saturated rings. The van der Waals surface area contributed by atoms with Crippen molar-refractivity contribution in [3.05, 3.63) is 23.8 Å². The van der Waals surface area contributed by atoms with Gasteiger partial charge >= 0.3 is 0 Å². The van der Waals surface area contributed by atoms with Crippen LogP contribution >= 0.6 is 12.6 Å². The van der Waals surface area contributed by atoms with Crippen LogP contribution in [-0.4, -0.2) is 5.54 Å². The molecule has 0 saturated heterocycles. The zero-order chi connectivity index (χ0) is 10.8. The number of nitrogens with two attached hydrogens (primary N) is 2. The highest BCUT2D eigenvalue weighted by Gasteiger charge is 2.10. The molecule has 14 heavy (non-hydrogen) atoms. The summed E-state index contributed by atoms with van der Waals surface area (Å²) in [5.41, 5.74) is 13.4. The van der Waals surface area contributed by atoms with Gasteiger partial charge in [-0.15, -0.1) is 12.6 Å². The predicted molar refractivity (Wildman–Crippen MR) is 64.7 cm³/mol. The first-order valence-electron chi connectivity index (χ1n) is 4.75. The molecule has 3 heteroatoms. The zero-order valence-corrected chi connectivity index (χ0v) is 9.64. The molecular formula is C11H18N2S. The molecule has 0 saturated carbocycles. The Bertz CT molecular complexity index is 316. The van der Waals surface area contributed by atoms with Gasteiger partial charge in [-0.2, -0.15) is 0 Å². The fraction of sp³-hybridized carbons (Fsp3) is 0.455. The third-order valence-electron chi connectivity index (χ3n) is 2.15. The molecule has 0 heterocycles. The van der Waals surface area contributed by atoms with E-state index in [2.05, 4.69) is 12.6 Å². The summed E-state index contributed by atoms with van der Waals surface area (Å²) in [6.45, 7) is 4.07. The Morgan fingerprint density at radius 1 is 1.36 bits per heavy atom. The number of rotatable bonds is 3. The molecule has 0 spiro atoms. The maximum atomic E-state index is 5.91. The topological polar surface area (TPSA) is 52.0 Å². The molecule has 0 amide bonds. The summed E-state index contributed by atoms with van der Waals surface area (Å²) in [6, 6.07) is 5.92. The van der Waals surface area contributed by atoms with Crippen molar-refractivity contribution in [2.75, 3.05) is 5.73 Å². The smallest absolute Gasteiger partial charge is 0.0449 e. The molecule has 1 rings (SSSR count). The minimum Gasteiger partial charge on any atom is -0.398 e. The van der Waals surface area contributed by atoms with Crippen LogP contribution in [0.2, 0.25) is 0 Å². The molecule has 0 bridgehead atoms. The second-order valence-corrected chi connectivity index (χ2v) is 4.86. The van der Waals surface area contributed by atoms with Crippen molar-refractivity contribution < 1.29 is 0 Å². The molecule has 0 aliphatic rings. The van der Waals surface area contributed by atoms with E-state index < -0.39 is 0 Å². The van der Waals surface area contributed by atoms with Gasteiger partial charge in [-0.1, -0.05) is 6.07 Å². The van der Waals surface area contributed by atoms with Crippen molar-refractivity contribution in [1.29, 1.82) is 0 Å². The summed E-state index contributed by atoms with van der Waals surface area (Å²) in [7, 11) is 0. The van der Waals surface area contributed by atoms with Crippen molar-refractivity contribution in [1.82, 2.24) is 0 Å². The van der Waals surface area contributed by atoms with Gasteiger partial charge in [0.1, 0.15) is 0 Å². The molecular weight excluding hydrogens is 192 g/mol. The van der Waals surface area contributed by atoms with E-state index in [-0.39, 0.29) is 5.54 Å². The maximum Gasteiger partial charge on any atom is 0.0449 e. The minimum absolute atomic E-state index is 0.113. The Hall–Kier alpha value is -0.670. The molecule has 1 aromatic rings. The average molecular weight is 210 g/mol. The number of hydrogen-bond donors (Lipinski definition) is 3. The van der Waals surface area contributed by atoms with Gasteiger partial charge in [-0.25, -0.2) is 0 Å². The molecule has 0 aliphatic carbocycles. The highest BCUT2D eigenvalue weighted by Crippen LogP contribution is 2.19. The van der Waals surface area contributed by atoms with E-state index in [1.165, 1.54) is 5.56 Å². The van der Waals surface area contributed by atoms with Gasteiger partial charge in [0.25, 0.3) is 0 Å². The van der Waals surface area contributed by atoms with Crippen LogP contribution in [0.15, 0.2) is 23.1 Å². The lowest BCUT2D eigenvalue weighted by Gasteiger charge is -2.18. The Kier molecular flexibility index (Phi) is 3.45. The Morgan fingerprint density at radius 2 is 2.00 bits per heavy atom. The number of benzene rings is 1. The molecule has 0 aromatic heterocycles. The predicted octanol–water partition coefficient (Wildman–Crippen LogP) is 2.23. The van der Waals surface area contributed by atoms with Crippen LogP contribution in [-0.2, 0) is 6.42 Å². The maximum absolute atomic E-state index is 5.91. The number of hydrogen-bond acceptors (Lipinski definition) is 3. The summed E-state index contributed by atoms with van der Waals surface area (Å²) in [6.07, 6.45) is 1.93. The van der Waals surface area contributed by atoms with Crippen LogP contribution in [0.1, 0.15) is 25.8 Å². The number of nitrogen functional groups attached to an aromatic ring is 1. The monoisotopic (exact) mass is 210 g/mol. The Morgan fingerprint density at radius 3 is 2.50 bits per heavy atom. The SMILES string of the molecule is CC(C)(N)CCc1ccc(N)c(S)c1. The van der Waals surface area contributed by atoms with Gasteiger partial charge in [-0.05, 0) is 44.4 Å². The first-order valence-corrected chi connectivity index (χ1v) is 5.19. The summed E-state index contributed by atoms with van der Waals surface area (Å²) in [5, 5.41) is 0. The van der Waals surface area contributed by atoms with Crippen LogP contribution < -0.4 is 11.5 Å². The van der Waals surface area contributed by atoms with E-state index in [1.807, 2.05) is 32.0 Å². The molecule has 0 aliphatic heterocycles. The van der Waals surface area contributed by atoms with Gasteiger partial charge in [0.2, 0.25) is 0 Å². The summed E-state index contributed by atoms with van der Waals surface area (Å²) in [5.74, 6) is 0. The van der Waals surface area contributed by atoms with Crippen molar-refractivity contribution in [2.24, 2.45) is 5.73 Å². The third-order valence-corrected chi connectivity index (χ3v) is 2.54. The van der Waals surface area contributed by atoms with Crippen LogP contribution in [0.5, 0.6) is 0 Å². The average Bonchev–Trinajstić information content (AvgIpc) is 2.06. The summed E-state index contributed by atoms with van der Waals surface area (Å²) >= 11 is 4.28. The van der Waals surface area contributed by atoms with Gasteiger partial charge < -0.3 is 11.5 Å². The Balaban J connectivity index is 2.65. The van der Waals surface area contributed by atoms with Gasteiger partial charge in [0, 0.05) is 16.1 Å². The van der Waals surface area contributed by atoms with Crippen LogP contribution in [0.3, 0.4) is 0 Å². The van der Waals surface area contributed by atoms with E-state index in [9.17, 15) is 0 Å². The number of thiol groups is 1. The van der Waals surface area contributed by atoms with Crippen LogP contribution in [0, 0.1) is 0 Å². The largest absolute Gasteiger partial charge is 0.398 e. The van der Waals surface area contributed by atoms with Crippen molar-refractivity contribution in [3.8, 4) is 0 Å². The number of anilines is 1. The normalized spacial score (nSPS) is 11.7. The summed E-state index contributed by atoms with van der Waals surface area (Å²) < 4.78 is 0. The number of aryl methyl sites for hydroxylation is 1. The first-order chi connectivity index (χ1) is 6.38. The van der Waals surface area contributed by atoms with Crippen molar-refractivity contribution in [3.63, 3.8) is 0 Å². The fourth-order valence-corrected chi connectivity index (χ4v) is 1.45.